The minimum absolute atomic E-state index is 0.261. The van der Waals surface area contributed by atoms with Crippen LogP contribution in [0.15, 0.2) is 24.3 Å². The molecule has 0 aromatic carbocycles. The standard InChI is InChI=1S/C39H75O2P/c1-6-8-10-12-14-16-18-20-22-24-26-28-30-32-34-36-38(40)42(3,4,5)39(41)37-35-33-31-29-27-25-23-21-19-17-15-13-11-9-7-2/h20-23H,6-19,24-37H2,1-5H3/b22-20-,23-21-. The molecule has 0 rings (SSSR count). The Morgan fingerprint density at radius 2 is 0.619 bits per heavy atom. The molecular weight excluding hydrogens is 531 g/mol. The fraction of sp³-hybridized carbons (Fsp3) is 0.846. The first-order chi connectivity index (χ1) is 20.2. The molecule has 0 aliphatic carbocycles. The second-order valence-corrected chi connectivity index (χ2v) is 20.8. The Hall–Kier alpha value is -0.750. The Labute approximate surface area is 264 Å². The van der Waals surface area contributed by atoms with Gasteiger partial charge in [-0.15, -0.1) is 0 Å². The third kappa shape index (κ3) is 23.7. The van der Waals surface area contributed by atoms with Crippen LogP contribution >= 0.6 is 6.60 Å². The van der Waals surface area contributed by atoms with Gasteiger partial charge in [0.2, 0.25) is 0 Å². The summed E-state index contributed by atoms with van der Waals surface area (Å²) in [7, 11) is 0. The molecule has 0 aliphatic rings. The van der Waals surface area contributed by atoms with Gasteiger partial charge >= 0.3 is 187 Å². The van der Waals surface area contributed by atoms with Crippen molar-refractivity contribution in [1.82, 2.24) is 0 Å². The van der Waals surface area contributed by atoms with Gasteiger partial charge in [0.25, 0.3) is 0 Å². The van der Waals surface area contributed by atoms with E-state index in [4.69, 9.17) is 0 Å². The summed E-state index contributed by atoms with van der Waals surface area (Å²) in [4.78, 5) is 26.3. The zero-order valence-corrected chi connectivity index (χ0v) is 30.3. The van der Waals surface area contributed by atoms with E-state index in [1.54, 1.807) is 0 Å². The molecule has 0 heterocycles. The van der Waals surface area contributed by atoms with E-state index in [0.29, 0.717) is 12.8 Å². The molecule has 0 aromatic rings. The summed E-state index contributed by atoms with van der Waals surface area (Å²) in [5.41, 5.74) is 0.521. The fourth-order valence-electron chi connectivity index (χ4n) is 5.62. The summed E-state index contributed by atoms with van der Waals surface area (Å²) < 4.78 is 0. The smallest absolute Gasteiger partial charge is 0.0654 e. The molecule has 248 valence electrons. The third-order valence-corrected chi connectivity index (χ3v) is 13.0. The Bertz CT molecular complexity index is 641. The molecule has 0 saturated carbocycles. The van der Waals surface area contributed by atoms with Gasteiger partial charge in [-0.05, 0) is 0 Å². The molecule has 42 heavy (non-hydrogen) atoms. The monoisotopic (exact) mass is 607 g/mol. The summed E-state index contributed by atoms with van der Waals surface area (Å²) in [6, 6.07) is 0. The molecule has 2 nitrogen and oxygen atoms in total. The molecule has 0 aliphatic heterocycles. The van der Waals surface area contributed by atoms with Crippen molar-refractivity contribution in [3.05, 3.63) is 24.3 Å². The van der Waals surface area contributed by atoms with Gasteiger partial charge in [0.05, 0.1) is 0 Å². The molecule has 0 atom stereocenters. The second-order valence-electron chi connectivity index (χ2n) is 14.3. The Morgan fingerprint density at radius 3 is 0.905 bits per heavy atom. The molecule has 0 saturated heterocycles. The van der Waals surface area contributed by atoms with E-state index in [-0.39, 0.29) is 11.0 Å². The molecule has 0 unspecified atom stereocenters. The van der Waals surface area contributed by atoms with E-state index in [2.05, 4.69) is 38.2 Å². The molecule has 0 aromatic heterocycles. The summed E-state index contributed by atoms with van der Waals surface area (Å²) in [5, 5.41) is 0. The molecule has 0 amide bonds. The SMILES string of the molecule is CCCCCCCC/C=C\CCCCCCCC(=O)P(C)(C)(C)C(=O)CCCCCCC/C=C\CCCCCCCC. The number of allylic oxidation sites excluding steroid dienone is 4. The number of carbonyl (C=O) groups excluding carboxylic acids is 2. The van der Waals surface area contributed by atoms with E-state index < -0.39 is 6.60 Å². The molecular formula is C39H75O2P. The molecule has 0 spiro atoms. The summed E-state index contributed by atoms with van der Waals surface area (Å²) in [6.07, 6.45) is 43.5. The third-order valence-electron chi connectivity index (χ3n) is 9.05. The van der Waals surface area contributed by atoms with Crippen LogP contribution in [0.3, 0.4) is 0 Å². The molecule has 0 bridgehead atoms. The maximum absolute atomic E-state index is 13.1. The Balaban J connectivity index is 3.79. The van der Waals surface area contributed by atoms with Crippen molar-refractivity contribution < 1.29 is 9.59 Å². The van der Waals surface area contributed by atoms with Crippen molar-refractivity contribution in [2.75, 3.05) is 20.0 Å². The van der Waals surface area contributed by atoms with Gasteiger partial charge in [-0.2, -0.15) is 0 Å². The predicted octanol–water partition coefficient (Wildman–Crippen LogP) is 13.6. The zero-order valence-electron chi connectivity index (χ0n) is 29.4. The number of hydrogen-bond acceptors (Lipinski definition) is 2. The van der Waals surface area contributed by atoms with E-state index >= 15 is 0 Å². The van der Waals surface area contributed by atoms with Crippen LogP contribution in [0.5, 0.6) is 0 Å². The zero-order chi connectivity index (χ0) is 31.2. The maximum atomic E-state index is 13.1. The first-order valence-electron chi connectivity index (χ1n) is 18.6. The first kappa shape index (κ1) is 41.2. The Kier molecular flexibility index (Phi) is 27.3. The van der Waals surface area contributed by atoms with Crippen molar-refractivity contribution in [2.45, 2.75) is 194 Å². The van der Waals surface area contributed by atoms with Crippen molar-refractivity contribution >= 4 is 17.7 Å². The molecule has 0 N–H and O–H groups in total. The van der Waals surface area contributed by atoms with E-state index in [9.17, 15) is 9.59 Å². The first-order valence-corrected chi connectivity index (χ1v) is 22.2. The van der Waals surface area contributed by atoms with Crippen LogP contribution in [-0.2, 0) is 9.59 Å². The Morgan fingerprint density at radius 1 is 0.381 bits per heavy atom. The van der Waals surface area contributed by atoms with Gasteiger partial charge in [-0.3, -0.25) is 0 Å². The predicted molar refractivity (Wildman–Crippen MR) is 194 cm³/mol. The van der Waals surface area contributed by atoms with Crippen LogP contribution < -0.4 is 0 Å². The van der Waals surface area contributed by atoms with Crippen LogP contribution in [0, 0.1) is 0 Å². The average Bonchev–Trinajstić information content (AvgIpc) is 2.96. The van der Waals surface area contributed by atoms with Gasteiger partial charge in [0.1, 0.15) is 0 Å². The van der Waals surface area contributed by atoms with E-state index in [1.807, 2.05) is 20.0 Å². The summed E-state index contributed by atoms with van der Waals surface area (Å²) in [5.74, 6) is 0. The average molecular weight is 607 g/mol. The van der Waals surface area contributed by atoms with E-state index in [0.717, 1.165) is 25.7 Å². The minimum Gasteiger partial charge on any atom is -0.0654 e. The molecule has 3 heteroatoms. The van der Waals surface area contributed by atoms with E-state index in [1.165, 1.54) is 141 Å². The van der Waals surface area contributed by atoms with Crippen molar-refractivity contribution in [1.29, 1.82) is 0 Å². The second kappa shape index (κ2) is 27.8. The van der Waals surface area contributed by atoms with Gasteiger partial charge in [-0.25, -0.2) is 0 Å². The summed E-state index contributed by atoms with van der Waals surface area (Å²) >= 11 is 0. The van der Waals surface area contributed by atoms with Crippen molar-refractivity contribution in [3.63, 3.8) is 0 Å². The fourth-order valence-corrected chi connectivity index (χ4v) is 7.78. The van der Waals surface area contributed by atoms with Gasteiger partial charge in [0, 0.05) is 0 Å². The van der Waals surface area contributed by atoms with Gasteiger partial charge in [-0.1, -0.05) is 78.1 Å². The molecule has 0 fully saturated rings. The topological polar surface area (TPSA) is 34.1 Å². The van der Waals surface area contributed by atoms with Crippen LogP contribution in [0.25, 0.3) is 0 Å². The summed E-state index contributed by atoms with van der Waals surface area (Å²) in [6.45, 7) is 7.66. The van der Waals surface area contributed by atoms with Crippen molar-refractivity contribution in [3.8, 4) is 0 Å². The van der Waals surface area contributed by atoms with Crippen LogP contribution in [0.2, 0.25) is 0 Å². The number of rotatable bonds is 32. The number of hydrogen-bond donors (Lipinski definition) is 0. The van der Waals surface area contributed by atoms with Gasteiger partial charge in [0.15, 0.2) is 0 Å². The van der Waals surface area contributed by atoms with Crippen molar-refractivity contribution in [2.24, 2.45) is 0 Å². The van der Waals surface area contributed by atoms with Gasteiger partial charge < -0.3 is 0 Å². The van der Waals surface area contributed by atoms with Crippen LogP contribution in [0.4, 0.5) is 0 Å². The number of carbonyl (C=O) groups is 2. The quantitative estimate of drug-likeness (QED) is 0.0433. The normalized spacial score (nSPS) is 13.2. The van der Waals surface area contributed by atoms with Crippen LogP contribution in [-0.4, -0.2) is 31.0 Å². The molecule has 0 radical (unpaired) electrons. The van der Waals surface area contributed by atoms with Crippen LogP contribution in [0.1, 0.15) is 194 Å². The number of unbranched alkanes of at least 4 members (excludes halogenated alkanes) is 22. The minimum atomic E-state index is -2.90.